The van der Waals surface area contributed by atoms with E-state index in [0.29, 0.717) is 0 Å². The van der Waals surface area contributed by atoms with Crippen LogP contribution in [0.4, 0.5) is 0 Å². The van der Waals surface area contributed by atoms with Gasteiger partial charge < -0.3 is 9.52 Å². The normalized spacial score (nSPS) is 11.3. The van der Waals surface area contributed by atoms with Gasteiger partial charge in [-0.1, -0.05) is 12.1 Å². The van der Waals surface area contributed by atoms with Crippen LogP contribution >= 0.6 is 15.9 Å². The quantitative estimate of drug-likeness (QED) is 0.663. The van der Waals surface area contributed by atoms with E-state index in [1.54, 1.807) is 18.4 Å². The molecule has 0 radical (unpaired) electrons. The van der Waals surface area contributed by atoms with Gasteiger partial charge in [-0.05, 0) is 39.5 Å². The first kappa shape index (κ1) is 8.80. The fourth-order valence-corrected chi connectivity index (χ4v) is 2.46. The van der Waals surface area contributed by atoms with E-state index in [4.69, 9.17) is 4.42 Å². The van der Waals surface area contributed by atoms with Crippen LogP contribution < -0.4 is 0 Å². The standard InChI is InChI=1S/C12H7BrO2/c13-10-6-9(14)5-8-2-1-7-3-4-15-12(7)11(8)10/h1-6,14H. The minimum absolute atomic E-state index is 0.250. The van der Waals surface area contributed by atoms with Crippen LogP contribution in [0.15, 0.2) is 45.5 Å². The van der Waals surface area contributed by atoms with Crippen LogP contribution in [0, 0.1) is 0 Å². The number of phenolic OH excluding ortho intramolecular Hbond substituents is 1. The predicted octanol–water partition coefficient (Wildman–Crippen LogP) is 4.05. The minimum atomic E-state index is 0.250. The molecule has 1 N–H and O–H groups in total. The highest BCUT2D eigenvalue weighted by atomic mass is 79.9. The second-order valence-electron chi connectivity index (χ2n) is 3.43. The Morgan fingerprint density at radius 2 is 1.87 bits per heavy atom. The Kier molecular flexibility index (Phi) is 1.76. The van der Waals surface area contributed by atoms with E-state index >= 15 is 0 Å². The molecule has 0 bridgehead atoms. The highest BCUT2D eigenvalue weighted by Crippen LogP contribution is 2.34. The number of phenols is 1. The summed E-state index contributed by atoms with van der Waals surface area (Å²) < 4.78 is 6.29. The summed E-state index contributed by atoms with van der Waals surface area (Å²) in [5.41, 5.74) is 0.847. The summed E-state index contributed by atoms with van der Waals surface area (Å²) in [5, 5.41) is 12.5. The van der Waals surface area contributed by atoms with Crippen molar-refractivity contribution < 1.29 is 9.52 Å². The van der Waals surface area contributed by atoms with E-state index in [2.05, 4.69) is 15.9 Å². The smallest absolute Gasteiger partial charge is 0.142 e. The summed E-state index contributed by atoms with van der Waals surface area (Å²) >= 11 is 3.43. The lowest BCUT2D eigenvalue weighted by Gasteiger charge is -2.02. The van der Waals surface area contributed by atoms with E-state index in [9.17, 15) is 5.11 Å². The molecule has 3 rings (SSSR count). The Morgan fingerprint density at radius 1 is 1.07 bits per heavy atom. The third-order valence-electron chi connectivity index (χ3n) is 2.47. The molecule has 0 saturated carbocycles. The maximum atomic E-state index is 9.47. The van der Waals surface area contributed by atoms with Gasteiger partial charge in [0.2, 0.25) is 0 Å². The van der Waals surface area contributed by atoms with Crippen molar-refractivity contribution in [2.45, 2.75) is 0 Å². The number of halogens is 1. The van der Waals surface area contributed by atoms with Crippen LogP contribution in [-0.4, -0.2) is 5.11 Å². The lowest BCUT2D eigenvalue weighted by Crippen LogP contribution is -1.76. The minimum Gasteiger partial charge on any atom is -0.508 e. The van der Waals surface area contributed by atoms with Gasteiger partial charge in [0.05, 0.1) is 6.26 Å². The zero-order chi connectivity index (χ0) is 10.4. The summed E-state index contributed by atoms with van der Waals surface area (Å²) in [4.78, 5) is 0. The third-order valence-corrected chi connectivity index (χ3v) is 3.10. The van der Waals surface area contributed by atoms with E-state index in [1.165, 1.54) is 0 Å². The molecule has 15 heavy (non-hydrogen) atoms. The molecule has 2 aromatic carbocycles. The van der Waals surface area contributed by atoms with Gasteiger partial charge in [0.1, 0.15) is 11.3 Å². The molecule has 0 unspecified atom stereocenters. The summed E-state index contributed by atoms with van der Waals surface area (Å²) in [5.74, 6) is 0.250. The molecule has 3 aromatic rings. The molecule has 1 aromatic heterocycles. The van der Waals surface area contributed by atoms with Crippen molar-refractivity contribution in [2.24, 2.45) is 0 Å². The van der Waals surface area contributed by atoms with Gasteiger partial charge in [0.15, 0.2) is 0 Å². The van der Waals surface area contributed by atoms with Gasteiger partial charge in [0, 0.05) is 15.2 Å². The van der Waals surface area contributed by atoms with Crippen LogP contribution in [0.2, 0.25) is 0 Å². The van der Waals surface area contributed by atoms with Gasteiger partial charge in [-0.15, -0.1) is 0 Å². The summed E-state index contributed by atoms with van der Waals surface area (Å²) in [6, 6.07) is 9.27. The number of fused-ring (bicyclic) bond motifs is 3. The number of aromatic hydroxyl groups is 1. The SMILES string of the molecule is Oc1cc(Br)c2c(ccc3ccoc32)c1. The molecular formula is C12H7BrO2. The first-order valence-corrected chi connectivity index (χ1v) is 5.33. The highest BCUT2D eigenvalue weighted by Gasteiger charge is 2.08. The number of benzene rings is 2. The van der Waals surface area contributed by atoms with Gasteiger partial charge in [0.25, 0.3) is 0 Å². The highest BCUT2D eigenvalue weighted by molar-refractivity contribution is 9.10. The first-order valence-electron chi connectivity index (χ1n) is 4.54. The van der Waals surface area contributed by atoms with Crippen LogP contribution in [0.3, 0.4) is 0 Å². The van der Waals surface area contributed by atoms with E-state index in [-0.39, 0.29) is 5.75 Å². The second-order valence-corrected chi connectivity index (χ2v) is 4.28. The van der Waals surface area contributed by atoms with Crippen molar-refractivity contribution in [3.8, 4) is 5.75 Å². The molecule has 0 aliphatic rings. The van der Waals surface area contributed by atoms with Crippen molar-refractivity contribution in [1.82, 2.24) is 0 Å². The summed E-state index contributed by atoms with van der Waals surface area (Å²) in [6.07, 6.45) is 1.67. The molecule has 0 spiro atoms. The molecule has 1 heterocycles. The first-order chi connectivity index (χ1) is 7.25. The lowest BCUT2D eigenvalue weighted by molar-refractivity contribution is 0.476. The largest absolute Gasteiger partial charge is 0.508 e. The van der Waals surface area contributed by atoms with E-state index < -0.39 is 0 Å². The summed E-state index contributed by atoms with van der Waals surface area (Å²) in [6.45, 7) is 0. The molecule has 0 fully saturated rings. The lowest BCUT2D eigenvalue weighted by atomic mass is 10.1. The van der Waals surface area contributed by atoms with Crippen molar-refractivity contribution in [1.29, 1.82) is 0 Å². The van der Waals surface area contributed by atoms with E-state index in [1.807, 2.05) is 18.2 Å². The topological polar surface area (TPSA) is 33.4 Å². The fourth-order valence-electron chi connectivity index (χ4n) is 1.82. The van der Waals surface area contributed by atoms with Gasteiger partial charge in [-0.3, -0.25) is 0 Å². The Labute approximate surface area is 94.3 Å². The van der Waals surface area contributed by atoms with E-state index in [0.717, 1.165) is 26.2 Å². The monoisotopic (exact) mass is 262 g/mol. The Morgan fingerprint density at radius 3 is 2.73 bits per heavy atom. The molecule has 0 saturated heterocycles. The van der Waals surface area contributed by atoms with Gasteiger partial charge >= 0.3 is 0 Å². The van der Waals surface area contributed by atoms with Crippen molar-refractivity contribution >= 4 is 37.7 Å². The van der Waals surface area contributed by atoms with Crippen molar-refractivity contribution in [3.63, 3.8) is 0 Å². The van der Waals surface area contributed by atoms with Gasteiger partial charge in [-0.2, -0.15) is 0 Å². The van der Waals surface area contributed by atoms with Crippen LogP contribution in [0.25, 0.3) is 21.7 Å². The molecular weight excluding hydrogens is 256 g/mol. The Hall–Kier alpha value is -1.48. The second kappa shape index (κ2) is 3.00. The average molecular weight is 263 g/mol. The van der Waals surface area contributed by atoms with Gasteiger partial charge in [-0.25, -0.2) is 0 Å². The fraction of sp³-hybridized carbons (Fsp3) is 0. The molecule has 0 atom stereocenters. The molecule has 74 valence electrons. The molecule has 0 aliphatic heterocycles. The predicted molar refractivity (Wildman–Crippen MR) is 63.1 cm³/mol. The van der Waals surface area contributed by atoms with Crippen molar-refractivity contribution in [2.75, 3.05) is 0 Å². The van der Waals surface area contributed by atoms with Crippen LogP contribution in [-0.2, 0) is 0 Å². The van der Waals surface area contributed by atoms with Crippen molar-refractivity contribution in [3.05, 3.63) is 41.1 Å². The maximum Gasteiger partial charge on any atom is 0.142 e. The Balaban J connectivity index is 2.62. The maximum absolute atomic E-state index is 9.47. The van der Waals surface area contributed by atoms with Crippen LogP contribution in [0.5, 0.6) is 5.75 Å². The number of rotatable bonds is 0. The molecule has 0 aliphatic carbocycles. The van der Waals surface area contributed by atoms with Crippen LogP contribution in [0.1, 0.15) is 0 Å². The third kappa shape index (κ3) is 1.23. The molecule has 2 nitrogen and oxygen atoms in total. The number of hydrogen-bond acceptors (Lipinski definition) is 2. The Bertz CT molecular complexity index is 655. The molecule has 0 amide bonds. The molecule has 3 heteroatoms. The summed E-state index contributed by atoms with van der Waals surface area (Å²) in [7, 11) is 0. The number of furan rings is 1. The zero-order valence-corrected chi connectivity index (χ0v) is 9.28. The zero-order valence-electron chi connectivity index (χ0n) is 7.70. The number of hydrogen-bond donors (Lipinski definition) is 1. The average Bonchev–Trinajstić information content (AvgIpc) is 2.63.